The van der Waals surface area contributed by atoms with Crippen molar-refractivity contribution in [2.45, 2.75) is 25.4 Å². The van der Waals surface area contributed by atoms with E-state index in [9.17, 15) is 5.11 Å². The van der Waals surface area contributed by atoms with Crippen molar-refractivity contribution in [1.29, 1.82) is 0 Å². The fraction of sp³-hybridized carbons (Fsp3) is 0.364. The molecule has 0 spiro atoms. The van der Waals surface area contributed by atoms with Crippen LogP contribution < -0.4 is 0 Å². The van der Waals surface area contributed by atoms with E-state index in [0.717, 1.165) is 18.4 Å². The van der Waals surface area contributed by atoms with Crippen LogP contribution in [-0.2, 0) is 12.0 Å². The summed E-state index contributed by atoms with van der Waals surface area (Å²) < 4.78 is 0. The van der Waals surface area contributed by atoms with Gasteiger partial charge >= 0.3 is 0 Å². The van der Waals surface area contributed by atoms with E-state index >= 15 is 0 Å². The summed E-state index contributed by atoms with van der Waals surface area (Å²) in [7, 11) is 0. The second-order valence-corrected chi connectivity index (χ2v) is 3.41. The highest BCUT2D eigenvalue weighted by Crippen LogP contribution is 2.33. The number of hydrogen-bond donors (Lipinski definition) is 1. The van der Waals surface area contributed by atoms with E-state index in [1.54, 1.807) is 6.92 Å². The first kappa shape index (κ1) is 7.81. The van der Waals surface area contributed by atoms with Crippen molar-refractivity contribution in [1.82, 2.24) is 0 Å². The van der Waals surface area contributed by atoms with Crippen molar-refractivity contribution in [3.05, 3.63) is 41.8 Å². The summed E-state index contributed by atoms with van der Waals surface area (Å²) in [6.07, 6.45) is 4.93. The Balaban J connectivity index is 2.52. The summed E-state index contributed by atoms with van der Waals surface area (Å²) in [4.78, 5) is 0. The van der Waals surface area contributed by atoms with Gasteiger partial charge in [0.1, 0.15) is 0 Å². The molecule has 0 saturated heterocycles. The minimum absolute atomic E-state index is 0.838. The van der Waals surface area contributed by atoms with Gasteiger partial charge in [0.05, 0.1) is 5.60 Å². The maximum Gasteiger partial charge on any atom is 0.0940 e. The third-order valence-electron chi connectivity index (χ3n) is 2.41. The first-order chi connectivity index (χ1) is 5.70. The molecule has 2 rings (SSSR count). The van der Waals surface area contributed by atoms with E-state index in [-0.39, 0.29) is 0 Å². The van der Waals surface area contributed by atoms with Crippen LogP contribution in [0.2, 0.25) is 0 Å². The molecule has 0 saturated carbocycles. The molecule has 0 unspecified atom stereocenters. The van der Waals surface area contributed by atoms with Gasteiger partial charge in [0.25, 0.3) is 0 Å². The molecule has 0 aromatic heterocycles. The van der Waals surface area contributed by atoms with Crippen molar-refractivity contribution in [2.24, 2.45) is 0 Å². The molecule has 1 N–H and O–H groups in total. The van der Waals surface area contributed by atoms with E-state index in [2.05, 4.69) is 12.5 Å². The van der Waals surface area contributed by atoms with E-state index in [4.69, 9.17) is 0 Å². The molecule has 1 aliphatic rings. The van der Waals surface area contributed by atoms with Gasteiger partial charge in [-0.15, -0.1) is 0 Å². The molecule has 0 bridgehead atoms. The minimum Gasteiger partial charge on any atom is -0.385 e. The lowest BCUT2D eigenvalue weighted by molar-refractivity contribution is 0.0833. The third-order valence-corrected chi connectivity index (χ3v) is 2.41. The van der Waals surface area contributed by atoms with Crippen molar-refractivity contribution >= 4 is 0 Å². The van der Waals surface area contributed by atoms with Crippen LogP contribution in [0.25, 0.3) is 0 Å². The SMILES string of the molecule is C[C@]1(O)[C]CCc2ccccc21. The van der Waals surface area contributed by atoms with Crippen LogP contribution in [0.1, 0.15) is 24.5 Å². The summed E-state index contributed by atoms with van der Waals surface area (Å²) in [6.45, 7) is 1.80. The van der Waals surface area contributed by atoms with Crippen LogP contribution in [0, 0.1) is 6.42 Å². The third kappa shape index (κ3) is 1.14. The lowest BCUT2D eigenvalue weighted by Crippen LogP contribution is -2.27. The van der Waals surface area contributed by atoms with Gasteiger partial charge in [-0.25, -0.2) is 0 Å². The number of benzene rings is 1. The molecular weight excluding hydrogens is 148 g/mol. The van der Waals surface area contributed by atoms with E-state index in [1.165, 1.54) is 5.56 Å². The predicted molar refractivity (Wildman–Crippen MR) is 47.6 cm³/mol. The van der Waals surface area contributed by atoms with Crippen LogP contribution in [-0.4, -0.2) is 5.11 Å². The molecule has 0 amide bonds. The molecule has 1 aromatic rings. The monoisotopic (exact) mass is 160 g/mol. The van der Waals surface area contributed by atoms with E-state index < -0.39 is 5.60 Å². The van der Waals surface area contributed by atoms with Crippen LogP contribution >= 0.6 is 0 Å². The molecule has 2 radical (unpaired) electrons. The molecule has 0 fully saturated rings. The van der Waals surface area contributed by atoms with E-state index in [0.29, 0.717) is 0 Å². The van der Waals surface area contributed by atoms with Crippen molar-refractivity contribution in [3.8, 4) is 0 Å². The molecule has 1 atom stereocenters. The lowest BCUT2D eigenvalue weighted by Gasteiger charge is -2.30. The zero-order valence-electron chi connectivity index (χ0n) is 7.17. The second-order valence-electron chi connectivity index (χ2n) is 3.41. The average molecular weight is 160 g/mol. The summed E-state index contributed by atoms with van der Waals surface area (Å²) in [5.41, 5.74) is 1.42. The van der Waals surface area contributed by atoms with Gasteiger partial charge in [-0.2, -0.15) is 0 Å². The molecule has 12 heavy (non-hydrogen) atoms. The fourth-order valence-electron chi connectivity index (χ4n) is 1.75. The summed E-state index contributed by atoms with van der Waals surface area (Å²) >= 11 is 0. The predicted octanol–water partition coefficient (Wildman–Crippen LogP) is 1.92. The Bertz CT molecular complexity index is 289. The van der Waals surface area contributed by atoms with Gasteiger partial charge in [0, 0.05) is 6.42 Å². The average Bonchev–Trinajstić information content (AvgIpc) is 2.04. The Labute approximate surface area is 73.0 Å². The first-order valence-electron chi connectivity index (χ1n) is 4.26. The number of fused-ring (bicyclic) bond motifs is 1. The zero-order chi connectivity index (χ0) is 8.60. The highest BCUT2D eigenvalue weighted by molar-refractivity contribution is 5.36. The molecule has 0 heterocycles. The smallest absolute Gasteiger partial charge is 0.0940 e. The largest absolute Gasteiger partial charge is 0.385 e. The minimum atomic E-state index is -0.838. The Hall–Kier alpha value is -0.820. The highest BCUT2D eigenvalue weighted by Gasteiger charge is 2.29. The summed E-state index contributed by atoms with van der Waals surface area (Å²) in [5, 5.41) is 9.92. The van der Waals surface area contributed by atoms with Gasteiger partial charge in [-0.05, 0) is 30.9 Å². The molecule has 1 aromatic carbocycles. The Morgan fingerprint density at radius 1 is 1.42 bits per heavy atom. The Kier molecular flexibility index (Phi) is 1.69. The van der Waals surface area contributed by atoms with Gasteiger partial charge < -0.3 is 5.11 Å². The topological polar surface area (TPSA) is 20.2 Å². The molecule has 62 valence electrons. The maximum absolute atomic E-state index is 9.92. The number of rotatable bonds is 0. The maximum atomic E-state index is 9.92. The highest BCUT2D eigenvalue weighted by atomic mass is 16.3. The van der Waals surface area contributed by atoms with Crippen molar-refractivity contribution < 1.29 is 5.11 Å². The molecule has 1 heteroatoms. The van der Waals surface area contributed by atoms with Crippen LogP contribution in [0.3, 0.4) is 0 Å². The molecule has 1 nitrogen and oxygen atoms in total. The first-order valence-corrected chi connectivity index (χ1v) is 4.26. The van der Waals surface area contributed by atoms with Gasteiger partial charge in [0.2, 0.25) is 0 Å². The summed E-state index contributed by atoms with van der Waals surface area (Å²) in [6, 6.07) is 8.02. The fourth-order valence-corrected chi connectivity index (χ4v) is 1.75. The van der Waals surface area contributed by atoms with Crippen LogP contribution in [0.4, 0.5) is 0 Å². The molecule has 1 aliphatic carbocycles. The Morgan fingerprint density at radius 3 is 2.92 bits per heavy atom. The lowest BCUT2D eigenvalue weighted by atomic mass is 9.80. The van der Waals surface area contributed by atoms with Gasteiger partial charge in [-0.3, -0.25) is 0 Å². The van der Waals surface area contributed by atoms with Crippen LogP contribution in [0.5, 0.6) is 0 Å². The van der Waals surface area contributed by atoms with Gasteiger partial charge in [-0.1, -0.05) is 24.3 Å². The zero-order valence-corrected chi connectivity index (χ0v) is 7.17. The van der Waals surface area contributed by atoms with E-state index in [1.807, 2.05) is 18.2 Å². The number of aryl methyl sites for hydroxylation is 1. The number of hydrogen-bond acceptors (Lipinski definition) is 1. The quantitative estimate of drug-likeness (QED) is 0.614. The molecular formula is C11H12O. The summed E-state index contributed by atoms with van der Waals surface area (Å²) in [5.74, 6) is 0. The van der Waals surface area contributed by atoms with Crippen molar-refractivity contribution in [3.63, 3.8) is 0 Å². The normalized spacial score (nSPS) is 28.2. The number of aliphatic hydroxyl groups is 1. The van der Waals surface area contributed by atoms with Crippen molar-refractivity contribution in [2.75, 3.05) is 0 Å². The standard InChI is InChI=1S/C11H12O/c1-11(12)8-4-6-9-5-2-3-7-10(9)11/h2-3,5,7,12H,4,6H2,1H3/t11-/m0/s1. The molecule has 0 aliphatic heterocycles. The second kappa shape index (κ2) is 2.60. The van der Waals surface area contributed by atoms with Gasteiger partial charge in [0.15, 0.2) is 0 Å². The van der Waals surface area contributed by atoms with Crippen LogP contribution in [0.15, 0.2) is 24.3 Å². The Morgan fingerprint density at radius 2 is 2.17 bits per heavy atom.